The number of hydrogen-bond donors (Lipinski definition) is 2. The molecule has 1 atom stereocenters. The number of likely N-dealkylation sites (N-methyl/N-ethyl adjacent to an activating group) is 1. The van der Waals surface area contributed by atoms with Crippen LogP contribution in [0.2, 0.25) is 5.02 Å². The molecular weight excluding hydrogens is 382 g/mol. The first-order valence-corrected chi connectivity index (χ1v) is 10.9. The minimum absolute atomic E-state index is 0.150. The van der Waals surface area contributed by atoms with E-state index in [1.807, 2.05) is 18.3 Å². The monoisotopic (exact) mass is 403 g/mol. The Hall–Kier alpha value is -2.02. The molecule has 0 radical (unpaired) electrons. The molecule has 1 saturated heterocycles. The van der Waals surface area contributed by atoms with Gasteiger partial charge in [0.2, 0.25) is 0 Å². The maximum atomic E-state index is 12.7. The van der Waals surface area contributed by atoms with Crippen LogP contribution in [0.25, 0.3) is 10.9 Å². The Morgan fingerprint density at radius 1 is 1.26 bits per heavy atom. The zero-order chi connectivity index (χ0) is 19.0. The second-order valence-corrected chi connectivity index (χ2v) is 9.24. The van der Waals surface area contributed by atoms with Gasteiger partial charge < -0.3 is 9.88 Å². The van der Waals surface area contributed by atoms with Crippen molar-refractivity contribution in [2.75, 3.05) is 18.3 Å². The predicted octanol–water partition coefficient (Wildman–Crippen LogP) is 4.26. The first-order chi connectivity index (χ1) is 12.9. The van der Waals surface area contributed by atoms with Crippen molar-refractivity contribution in [1.82, 2.24) is 9.88 Å². The first kappa shape index (κ1) is 18.3. The molecule has 3 aromatic rings. The summed E-state index contributed by atoms with van der Waals surface area (Å²) >= 11 is 5.93. The smallest absolute Gasteiger partial charge is 0.261 e. The van der Waals surface area contributed by atoms with Gasteiger partial charge in [0.1, 0.15) is 0 Å². The fourth-order valence-electron chi connectivity index (χ4n) is 3.75. The number of sulfonamides is 1. The molecule has 0 aliphatic carbocycles. The number of anilines is 1. The summed E-state index contributed by atoms with van der Waals surface area (Å²) in [5, 5.41) is 1.45. The summed E-state index contributed by atoms with van der Waals surface area (Å²) in [5.41, 5.74) is 2.77. The summed E-state index contributed by atoms with van der Waals surface area (Å²) < 4.78 is 28.0. The van der Waals surface area contributed by atoms with Gasteiger partial charge in [0.05, 0.1) is 4.90 Å². The van der Waals surface area contributed by atoms with Crippen LogP contribution in [0.5, 0.6) is 0 Å². The topological polar surface area (TPSA) is 65.2 Å². The van der Waals surface area contributed by atoms with E-state index < -0.39 is 10.0 Å². The quantitative estimate of drug-likeness (QED) is 0.669. The van der Waals surface area contributed by atoms with E-state index in [-0.39, 0.29) is 4.90 Å². The number of aromatic amines is 1. The fourth-order valence-corrected chi connectivity index (χ4v) is 5.10. The van der Waals surface area contributed by atoms with Gasteiger partial charge in [-0.1, -0.05) is 17.7 Å². The first-order valence-electron chi connectivity index (χ1n) is 9.01. The highest BCUT2D eigenvalue weighted by Crippen LogP contribution is 2.28. The lowest BCUT2D eigenvalue weighted by molar-refractivity contribution is 0.310. The Labute approximate surface area is 164 Å². The van der Waals surface area contributed by atoms with Crippen LogP contribution in [0, 0.1) is 0 Å². The highest BCUT2D eigenvalue weighted by Gasteiger charge is 2.22. The number of benzene rings is 2. The number of fused-ring (bicyclic) bond motifs is 1. The van der Waals surface area contributed by atoms with Crippen molar-refractivity contribution in [2.45, 2.75) is 30.2 Å². The lowest BCUT2D eigenvalue weighted by Gasteiger charge is -2.18. The number of nitrogens with one attached hydrogen (secondary N) is 2. The molecule has 0 amide bonds. The van der Waals surface area contributed by atoms with Crippen LogP contribution < -0.4 is 4.72 Å². The zero-order valence-corrected chi connectivity index (χ0v) is 16.6. The van der Waals surface area contributed by atoms with E-state index in [1.165, 1.54) is 30.5 Å². The van der Waals surface area contributed by atoms with Gasteiger partial charge in [0.25, 0.3) is 10.0 Å². The molecule has 1 fully saturated rings. The lowest BCUT2D eigenvalue weighted by atomic mass is 10.0. The van der Waals surface area contributed by atoms with Gasteiger partial charge >= 0.3 is 0 Å². The number of hydrogen-bond acceptors (Lipinski definition) is 3. The van der Waals surface area contributed by atoms with E-state index in [9.17, 15) is 8.42 Å². The van der Waals surface area contributed by atoms with Crippen molar-refractivity contribution < 1.29 is 8.42 Å². The predicted molar refractivity (Wildman–Crippen MR) is 110 cm³/mol. The largest absolute Gasteiger partial charge is 0.361 e. The van der Waals surface area contributed by atoms with E-state index in [2.05, 4.69) is 21.7 Å². The molecule has 27 heavy (non-hydrogen) atoms. The molecule has 4 rings (SSSR count). The number of nitrogens with zero attached hydrogens (tertiary/aromatic N) is 1. The van der Waals surface area contributed by atoms with Gasteiger partial charge in [0.15, 0.2) is 0 Å². The van der Waals surface area contributed by atoms with Crippen molar-refractivity contribution in [3.05, 3.63) is 59.2 Å². The summed E-state index contributed by atoms with van der Waals surface area (Å²) in [4.78, 5) is 5.84. The third kappa shape index (κ3) is 3.83. The third-order valence-corrected chi connectivity index (χ3v) is 6.87. The van der Waals surface area contributed by atoms with Crippen molar-refractivity contribution >= 4 is 38.2 Å². The van der Waals surface area contributed by atoms with Crippen LogP contribution in [0.4, 0.5) is 5.69 Å². The molecule has 5 nitrogen and oxygen atoms in total. The molecule has 1 aliphatic heterocycles. The molecule has 1 aromatic heterocycles. The number of halogens is 1. The molecule has 0 spiro atoms. The summed E-state index contributed by atoms with van der Waals surface area (Å²) in [7, 11) is -1.52. The molecule has 2 heterocycles. The highest BCUT2D eigenvalue weighted by molar-refractivity contribution is 7.92. The van der Waals surface area contributed by atoms with Crippen LogP contribution in [0.15, 0.2) is 53.6 Å². The van der Waals surface area contributed by atoms with Crippen molar-refractivity contribution in [1.29, 1.82) is 0 Å². The van der Waals surface area contributed by atoms with Crippen molar-refractivity contribution in [2.24, 2.45) is 0 Å². The lowest BCUT2D eigenvalue weighted by Crippen LogP contribution is -2.26. The van der Waals surface area contributed by atoms with Crippen molar-refractivity contribution in [3.8, 4) is 0 Å². The van der Waals surface area contributed by atoms with Gasteiger partial charge in [-0.25, -0.2) is 8.42 Å². The number of likely N-dealkylation sites (tertiary alicyclic amines) is 1. The second kappa shape index (κ2) is 7.19. The van der Waals surface area contributed by atoms with Crippen LogP contribution in [-0.4, -0.2) is 37.9 Å². The maximum Gasteiger partial charge on any atom is 0.261 e. The van der Waals surface area contributed by atoms with Crippen LogP contribution in [0.3, 0.4) is 0 Å². The Bertz CT molecular complexity index is 1080. The summed E-state index contributed by atoms with van der Waals surface area (Å²) in [6, 6.07) is 12.4. The third-order valence-electron chi connectivity index (χ3n) is 5.25. The van der Waals surface area contributed by atoms with E-state index in [0.29, 0.717) is 16.8 Å². The van der Waals surface area contributed by atoms with Gasteiger partial charge in [0, 0.05) is 33.9 Å². The molecule has 7 heteroatoms. The Balaban J connectivity index is 1.62. The Kier molecular flexibility index (Phi) is 4.88. The van der Waals surface area contributed by atoms with E-state index in [4.69, 9.17) is 11.6 Å². The molecular formula is C20H22ClN3O2S. The Morgan fingerprint density at radius 3 is 2.85 bits per heavy atom. The van der Waals surface area contributed by atoms with Gasteiger partial charge in [-0.15, -0.1) is 0 Å². The molecule has 0 unspecified atom stereocenters. The summed E-state index contributed by atoms with van der Waals surface area (Å²) in [5.74, 6) is 0. The van der Waals surface area contributed by atoms with Crippen LogP contribution in [-0.2, 0) is 16.4 Å². The van der Waals surface area contributed by atoms with E-state index in [0.717, 1.165) is 23.9 Å². The molecule has 142 valence electrons. The summed E-state index contributed by atoms with van der Waals surface area (Å²) in [6.07, 6.45) is 5.42. The fraction of sp³-hybridized carbons (Fsp3) is 0.300. The minimum atomic E-state index is -3.68. The normalized spacial score (nSPS) is 18.2. The number of H-pyrrole nitrogens is 1. The van der Waals surface area contributed by atoms with Gasteiger partial charge in [-0.3, -0.25) is 4.72 Å². The highest BCUT2D eigenvalue weighted by atomic mass is 35.5. The molecule has 2 aromatic carbocycles. The van der Waals surface area contributed by atoms with Crippen molar-refractivity contribution in [3.63, 3.8) is 0 Å². The number of aromatic nitrogens is 1. The average molecular weight is 404 g/mol. The van der Waals surface area contributed by atoms with E-state index in [1.54, 1.807) is 18.2 Å². The standard InChI is InChI=1S/C20H22ClN3O2S/c1-24-9-3-5-17(24)10-14-13-22-20-8-7-16(12-19(14)20)23-27(25,26)18-6-2-4-15(21)11-18/h2,4,6-8,11-13,17,22-23H,3,5,9-10H2,1H3/t17-/m0/s1. The van der Waals surface area contributed by atoms with Gasteiger partial charge in [-0.2, -0.15) is 0 Å². The minimum Gasteiger partial charge on any atom is -0.361 e. The maximum absolute atomic E-state index is 12.7. The number of rotatable bonds is 5. The molecule has 0 saturated carbocycles. The average Bonchev–Trinajstić information content (AvgIpc) is 3.21. The van der Waals surface area contributed by atoms with Crippen LogP contribution >= 0.6 is 11.6 Å². The molecule has 2 N–H and O–H groups in total. The van der Waals surface area contributed by atoms with Crippen LogP contribution in [0.1, 0.15) is 18.4 Å². The zero-order valence-electron chi connectivity index (χ0n) is 15.1. The molecule has 0 bridgehead atoms. The Morgan fingerprint density at radius 2 is 2.11 bits per heavy atom. The van der Waals surface area contributed by atoms with E-state index >= 15 is 0 Å². The second-order valence-electron chi connectivity index (χ2n) is 7.12. The summed E-state index contributed by atoms with van der Waals surface area (Å²) in [6.45, 7) is 1.14. The molecule has 1 aliphatic rings. The van der Waals surface area contributed by atoms with Gasteiger partial charge in [-0.05, 0) is 74.8 Å². The SMILES string of the molecule is CN1CCC[C@H]1Cc1c[nH]c2ccc(NS(=O)(=O)c3cccc(Cl)c3)cc12.